The van der Waals surface area contributed by atoms with Gasteiger partial charge in [0.1, 0.15) is 5.82 Å². The first kappa shape index (κ1) is 10.2. The Balaban J connectivity index is 2.12. The summed E-state index contributed by atoms with van der Waals surface area (Å²) in [6.45, 7) is 2.10. The highest BCUT2D eigenvalue weighted by Crippen LogP contribution is 2.16. The third-order valence-electron chi connectivity index (χ3n) is 2.68. The summed E-state index contributed by atoms with van der Waals surface area (Å²) in [5.41, 5.74) is 2.54. The number of hydrogen-bond acceptors (Lipinski definition) is 5. The van der Waals surface area contributed by atoms with Gasteiger partial charge in [0, 0.05) is 25.4 Å². The first-order chi connectivity index (χ1) is 7.40. The number of hydrazine groups is 1. The topological polar surface area (TPSA) is 67.1 Å². The van der Waals surface area contributed by atoms with Gasteiger partial charge in [0.15, 0.2) is 0 Å². The maximum absolute atomic E-state index is 5.32. The van der Waals surface area contributed by atoms with Gasteiger partial charge in [-0.2, -0.15) is 4.98 Å². The van der Waals surface area contributed by atoms with Crippen molar-refractivity contribution in [2.75, 3.05) is 23.4 Å². The van der Waals surface area contributed by atoms with Crippen LogP contribution in [0.2, 0.25) is 0 Å². The molecule has 15 heavy (non-hydrogen) atoms. The van der Waals surface area contributed by atoms with E-state index in [9.17, 15) is 0 Å². The van der Waals surface area contributed by atoms with Crippen molar-refractivity contribution in [3.8, 4) is 0 Å². The number of aromatic nitrogens is 2. The minimum absolute atomic E-state index is 0.671. The van der Waals surface area contributed by atoms with Gasteiger partial charge in [0.25, 0.3) is 0 Å². The molecule has 5 nitrogen and oxygen atoms in total. The highest BCUT2D eigenvalue weighted by molar-refractivity contribution is 5.40. The highest BCUT2D eigenvalue weighted by atomic mass is 15.3. The lowest BCUT2D eigenvalue weighted by molar-refractivity contribution is 0.726. The molecule has 0 aliphatic carbocycles. The van der Waals surface area contributed by atoms with E-state index in [1.165, 1.54) is 25.7 Å². The normalized spacial score (nSPS) is 17.3. The fraction of sp³-hybridized carbons (Fsp3) is 0.600. The SMILES string of the molecule is NNc1ccnc(N2CCCCCC2)n1. The van der Waals surface area contributed by atoms with E-state index in [0.717, 1.165) is 19.0 Å². The van der Waals surface area contributed by atoms with Gasteiger partial charge in [0.2, 0.25) is 5.95 Å². The van der Waals surface area contributed by atoms with Gasteiger partial charge in [-0.25, -0.2) is 10.8 Å². The average molecular weight is 207 g/mol. The Labute approximate surface area is 89.7 Å². The fourth-order valence-corrected chi connectivity index (χ4v) is 1.85. The molecule has 82 valence electrons. The third-order valence-corrected chi connectivity index (χ3v) is 2.68. The van der Waals surface area contributed by atoms with Gasteiger partial charge in [-0.1, -0.05) is 12.8 Å². The van der Waals surface area contributed by atoms with Crippen LogP contribution in [0.3, 0.4) is 0 Å². The number of nitrogens with zero attached hydrogens (tertiary/aromatic N) is 3. The van der Waals surface area contributed by atoms with E-state index in [4.69, 9.17) is 5.84 Å². The van der Waals surface area contributed by atoms with Gasteiger partial charge in [0.05, 0.1) is 0 Å². The zero-order chi connectivity index (χ0) is 10.5. The number of nitrogens with one attached hydrogen (secondary N) is 1. The Morgan fingerprint density at radius 2 is 1.93 bits per heavy atom. The minimum Gasteiger partial charge on any atom is -0.341 e. The summed E-state index contributed by atoms with van der Waals surface area (Å²) in [6, 6.07) is 1.77. The van der Waals surface area contributed by atoms with Crippen LogP contribution in [0.15, 0.2) is 12.3 Å². The quantitative estimate of drug-likeness (QED) is 0.562. The Morgan fingerprint density at radius 1 is 1.20 bits per heavy atom. The van der Waals surface area contributed by atoms with Crippen molar-refractivity contribution in [2.24, 2.45) is 5.84 Å². The lowest BCUT2D eigenvalue weighted by Crippen LogP contribution is -2.26. The Bertz CT molecular complexity index is 306. The second kappa shape index (κ2) is 4.93. The first-order valence-electron chi connectivity index (χ1n) is 5.45. The molecular weight excluding hydrogens is 190 g/mol. The van der Waals surface area contributed by atoms with Gasteiger partial charge < -0.3 is 10.3 Å². The van der Waals surface area contributed by atoms with Crippen LogP contribution in [0.4, 0.5) is 11.8 Å². The van der Waals surface area contributed by atoms with Crippen molar-refractivity contribution >= 4 is 11.8 Å². The molecule has 2 heterocycles. The molecule has 0 aromatic carbocycles. The van der Waals surface area contributed by atoms with Crippen LogP contribution in [0.1, 0.15) is 25.7 Å². The van der Waals surface area contributed by atoms with Crippen molar-refractivity contribution in [2.45, 2.75) is 25.7 Å². The van der Waals surface area contributed by atoms with Crippen molar-refractivity contribution in [3.05, 3.63) is 12.3 Å². The molecule has 0 spiro atoms. The number of nitrogen functional groups attached to an aromatic ring is 1. The van der Waals surface area contributed by atoms with Crippen molar-refractivity contribution in [3.63, 3.8) is 0 Å². The summed E-state index contributed by atoms with van der Waals surface area (Å²) in [5, 5.41) is 0. The van der Waals surface area contributed by atoms with Gasteiger partial charge >= 0.3 is 0 Å². The predicted molar refractivity (Wildman–Crippen MR) is 60.5 cm³/mol. The lowest BCUT2D eigenvalue weighted by Gasteiger charge is -2.20. The second-order valence-electron chi connectivity index (χ2n) is 3.79. The molecule has 0 bridgehead atoms. The van der Waals surface area contributed by atoms with Crippen molar-refractivity contribution in [1.82, 2.24) is 9.97 Å². The molecule has 0 unspecified atom stereocenters. The lowest BCUT2D eigenvalue weighted by atomic mass is 10.2. The number of anilines is 2. The zero-order valence-corrected chi connectivity index (χ0v) is 8.82. The van der Waals surface area contributed by atoms with Crippen LogP contribution < -0.4 is 16.2 Å². The van der Waals surface area contributed by atoms with Crippen molar-refractivity contribution in [1.29, 1.82) is 0 Å². The largest absolute Gasteiger partial charge is 0.341 e. The molecular formula is C10H17N5. The zero-order valence-electron chi connectivity index (χ0n) is 8.82. The van der Waals surface area contributed by atoms with Crippen LogP contribution in [0.25, 0.3) is 0 Å². The first-order valence-corrected chi connectivity index (χ1v) is 5.45. The summed E-state index contributed by atoms with van der Waals surface area (Å²) in [7, 11) is 0. The Kier molecular flexibility index (Phi) is 3.34. The van der Waals surface area contributed by atoms with E-state index in [2.05, 4.69) is 20.3 Å². The Hall–Kier alpha value is -1.36. The highest BCUT2D eigenvalue weighted by Gasteiger charge is 2.12. The molecule has 3 N–H and O–H groups in total. The second-order valence-corrected chi connectivity index (χ2v) is 3.79. The van der Waals surface area contributed by atoms with Crippen LogP contribution >= 0.6 is 0 Å². The molecule has 1 aromatic heterocycles. The van der Waals surface area contributed by atoms with Gasteiger partial charge in [-0.05, 0) is 12.8 Å². The fourth-order valence-electron chi connectivity index (χ4n) is 1.85. The Morgan fingerprint density at radius 3 is 2.60 bits per heavy atom. The van der Waals surface area contributed by atoms with E-state index >= 15 is 0 Å². The number of hydrogen-bond donors (Lipinski definition) is 2. The molecule has 1 aliphatic rings. The summed E-state index contributed by atoms with van der Waals surface area (Å²) in [4.78, 5) is 10.8. The summed E-state index contributed by atoms with van der Waals surface area (Å²) in [5.74, 6) is 6.78. The number of nitrogens with two attached hydrogens (primary N) is 1. The third kappa shape index (κ3) is 2.56. The van der Waals surface area contributed by atoms with E-state index < -0.39 is 0 Å². The maximum Gasteiger partial charge on any atom is 0.227 e. The molecule has 0 amide bonds. The molecule has 0 atom stereocenters. The molecule has 2 rings (SSSR count). The smallest absolute Gasteiger partial charge is 0.227 e. The monoisotopic (exact) mass is 207 g/mol. The number of rotatable bonds is 2. The van der Waals surface area contributed by atoms with Crippen LogP contribution in [-0.2, 0) is 0 Å². The summed E-state index contributed by atoms with van der Waals surface area (Å²) in [6.07, 6.45) is 6.81. The van der Waals surface area contributed by atoms with Crippen molar-refractivity contribution < 1.29 is 0 Å². The molecule has 1 saturated heterocycles. The predicted octanol–water partition coefficient (Wildman–Crippen LogP) is 1.14. The molecule has 0 radical (unpaired) electrons. The minimum atomic E-state index is 0.671. The van der Waals surface area contributed by atoms with Gasteiger partial charge in [-0.3, -0.25) is 0 Å². The molecule has 1 fully saturated rings. The standard InChI is InChI=1S/C10H17N5/c11-14-9-5-6-12-10(13-9)15-7-3-1-2-4-8-15/h5-6H,1-4,7-8,11H2,(H,12,13,14). The molecule has 5 heteroatoms. The van der Waals surface area contributed by atoms with E-state index in [0.29, 0.717) is 5.82 Å². The van der Waals surface area contributed by atoms with E-state index in [-0.39, 0.29) is 0 Å². The van der Waals surface area contributed by atoms with E-state index in [1.54, 1.807) is 12.3 Å². The summed E-state index contributed by atoms with van der Waals surface area (Å²) >= 11 is 0. The molecule has 0 saturated carbocycles. The van der Waals surface area contributed by atoms with Crippen LogP contribution in [-0.4, -0.2) is 23.1 Å². The summed E-state index contributed by atoms with van der Waals surface area (Å²) < 4.78 is 0. The van der Waals surface area contributed by atoms with E-state index in [1.807, 2.05) is 0 Å². The average Bonchev–Trinajstić information content (AvgIpc) is 2.58. The van der Waals surface area contributed by atoms with Crippen LogP contribution in [0, 0.1) is 0 Å². The molecule has 1 aliphatic heterocycles. The maximum atomic E-state index is 5.32. The molecule has 1 aromatic rings. The van der Waals surface area contributed by atoms with Gasteiger partial charge in [-0.15, -0.1) is 0 Å². The van der Waals surface area contributed by atoms with Crippen LogP contribution in [0.5, 0.6) is 0 Å².